The highest BCUT2D eigenvalue weighted by Crippen LogP contribution is 2.28. The zero-order chi connectivity index (χ0) is 14.5. The molecule has 0 N–H and O–H groups in total. The topological polar surface area (TPSA) is 46.6 Å². The van der Waals surface area contributed by atoms with E-state index in [9.17, 15) is 9.59 Å². The van der Waals surface area contributed by atoms with E-state index in [1.807, 2.05) is 32.0 Å². The third-order valence-electron chi connectivity index (χ3n) is 3.19. The Morgan fingerprint density at radius 1 is 1.25 bits per heavy atom. The Morgan fingerprint density at radius 2 is 2.05 bits per heavy atom. The van der Waals surface area contributed by atoms with Crippen LogP contribution in [0, 0.1) is 0 Å². The first-order valence-corrected chi connectivity index (χ1v) is 8.09. The van der Waals surface area contributed by atoms with E-state index in [0.29, 0.717) is 19.6 Å². The number of ether oxygens (including phenoxy) is 1. The fraction of sp³-hybridized carbons (Fsp3) is 0.467. The first kappa shape index (κ1) is 14.9. The van der Waals surface area contributed by atoms with Crippen LogP contribution in [-0.2, 0) is 10.5 Å². The smallest absolute Gasteiger partial charge is 0.414 e. The van der Waals surface area contributed by atoms with Gasteiger partial charge in [-0.2, -0.15) is 11.8 Å². The van der Waals surface area contributed by atoms with Gasteiger partial charge in [0.1, 0.15) is 6.61 Å². The minimum absolute atomic E-state index is 0.200. The SMILES string of the molecule is CC.O=C1CCSCc2cc(N3CCOC3=O)ccc21. The van der Waals surface area contributed by atoms with Gasteiger partial charge in [0, 0.05) is 29.2 Å². The number of hydrogen-bond acceptors (Lipinski definition) is 4. The number of ketones is 1. The number of Topliss-reactive ketones (excluding diaryl/α,β-unsaturated/α-hetero) is 1. The van der Waals surface area contributed by atoms with Gasteiger partial charge >= 0.3 is 6.09 Å². The number of thioether (sulfide) groups is 1. The molecule has 1 saturated heterocycles. The maximum absolute atomic E-state index is 11.9. The molecule has 2 aliphatic rings. The fourth-order valence-electron chi connectivity index (χ4n) is 2.25. The maximum Gasteiger partial charge on any atom is 0.414 e. The Balaban J connectivity index is 0.000000704. The van der Waals surface area contributed by atoms with Crippen molar-refractivity contribution in [1.82, 2.24) is 0 Å². The fourth-order valence-corrected chi connectivity index (χ4v) is 3.18. The Hall–Kier alpha value is -1.49. The van der Waals surface area contributed by atoms with E-state index in [4.69, 9.17) is 4.74 Å². The van der Waals surface area contributed by atoms with Crippen LogP contribution >= 0.6 is 11.8 Å². The molecule has 3 rings (SSSR count). The van der Waals surface area contributed by atoms with Crippen LogP contribution < -0.4 is 4.90 Å². The molecule has 0 aliphatic carbocycles. The third kappa shape index (κ3) is 2.98. The van der Waals surface area contributed by atoms with Crippen molar-refractivity contribution >= 4 is 29.3 Å². The average Bonchev–Trinajstić information content (AvgIpc) is 2.82. The van der Waals surface area contributed by atoms with E-state index >= 15 is 0 Å². The molecule has 4 nitrogen and oxygen atoms in total. The molecule has 5 heteroatoms. The van der Waals surface area contributed by atoms with E-state index in [0.717, 1.165) is 28.3 Å². The number of carbonyl (C=O) groups excluding carboxylic acids is 2. The van der Waals surface area contributed by atoms with E-state index in [2.05, 4.69) is 0 Å². The molecule has 0 unspecified atom stereocenters. The molecule has 1 fully saturated rings. The Kier molecular flexibility index (Phi) is 5.06. The van der Waals surface area contributed by atoms with Gasteiger partial charge in [0.2, 0.25) is 0 Å². The van der Waals surface area contributed by atoms with Crippen LogP contribution in [0.15, 0.2) is 18.2 Å². The highest BCUT2D eigenvalue weighted by atomic mass is 32.2. The summed E-state index contributed by atoms with van der Waals surface area (Å²) >= 11 is 1.76. The number of fused-ring (bicyclic) bond motifs is 1. The molecule has 0 bridgehead atoms. The molecule has 0 atom stereocenters. The predicted octanol–water partition coefficient (Wildman–Crippen LogP) is 3.49. The summed E-state index contributed by atoms with van der Waals surface area (Å²) in [6.07, 6.45) is 0.297. The minimum atomic E-state index is -0.303. The monoisotopic (exact) mass is 293 g/mol. The van der Waals surface area contributed by atoms with Crippen molar-refractivity contribution in [2.75, 3.05) is 23.8 Å². The van der Waals surface area contributed by atoms with Gasteiger partial charge in [0.05, 0.1) is 6.54 Å². The van der Waals surface area contributed by atoms with Crippen molar-refractivity contribution in [2.24, 2.45) is 0 Å². The van der Waals surface area contributed by atoms with Gasteiger partial charge in [-0.05, 0) is 23.8 Å². The van der Waals surface area contributed by atoms with Crippen molar-refractivity contribution in [3.8, 4) is 0 Å². The second-order valence-electron chi connectivity index (χ2n) is 4.33. The number of amides is 1. The molecule has 0 saturated carbocycles. The average molecular weight is 293 g/mol. The van der Waals surface area contributed by atoms with Gasteiger partial charge in [-0.25, -0.2) is 4.79 Å². The highest BCUT2D eigenvalue weighted by Gasteiger charge is 2.25. The van der Waals surface area contributed by atoms with Crippen LogP contribution in [0.2, 0.25) is 0 Å². The van der Waals surface area contributed by atoms with Crippen LogP contribution in [0.3, 0.4) is 0 Å². The lowest BCUT2D eigenvalue weighted by atomic mass is 10.0. The van der Waals surface area contributed by atoms with Crippen LogP contribution in [0.1, 0.15) is 36.2 Å². The van der Waals surface area contributed by atoms with Gasteiger partial charge in [0.25, 0.3) is 0 Å². The van der Waals surface area contributed by atoms with E-state index < -0.39 is 0 Å². The van der Waals surface area contributed by atoms with Crippen molar-refractivity contribution in [3.63, 3.8) is 0 Å². The second kappa shape index (κ2) is 6.79. The standard InChI is InChI=1S/C13H13NO3S.C2H6/c15-12-3-6-18-8-9-7-10(1-2-11(9)12)14-4-5-17-13(14)16;1-2/h1-2,7H,3-6,8H2;1-2H3. The van der Waals surface area contributed by atoms with E-state index in [1.165, 1.54) is 0 Å². The first-order chi connectivity index (χ1) is 9.75. The van der Waals surface area contributed by atoms with Gasteiger partial charge < -0.3 is 4.74 Å². The van der Waals surface area contributed by atoms with Gasteiger partial charge in [-0.3, -0.25) is 9.69 Å². The molecule has 0 aromatic heterocycles. The van der Waals surface area contributed by atoms with Crippen molar-refractivity contribution in [2.45, 2.75) is 26.0 Å². The molecule has 108 valence electrons. The molecule has 0 radical (unpaired) electrons. The number of carbonyl (C=O) groups is 2. The zero-order valence-corrected chi connectivity index (χ0v) is 12.7. The number of nitrogens with zero attached hydrogens (tertiary/aromatic N) is 1. The molecular formula is C15H19NO3S. The first-order valence-electron chi connectivity index (χ1n) is 6.94. The number of rotatable bonds is 1. The predicted molar refractivity (Wildman–Crippen MR) is 81.6 cm³/mol. The molecule has 0 spiro atoms. The highest BCUT2D eigenvalue weighted by molar-refractivity contribution is 7.98. The van der Waals surface area contributed by atoms with Crippen LogP contribution in [0.4, 0.5) is 10.5 Å². The summed E-state index contributed by atoms with van der Waals surface area (Å²) in [5.74, 6) is 1.90. The molecule has 20 heavy (non-hydrogen) atoms. The molecule has 2 aliphatic heterocycles. The normalized spacial score (nSPS) is 17.8. The van der Waals surface area contributed by atoms with E-state index in [1.54, 1.807) is 16.7 Å². The quantitative estimate of drug-likeness (QED) is 0.795. The summed E-state index contributed by atoms with van der Waals surface area (Å²) in [6.45, 7) is 5.02. The Morgan fingerprint density at radius 3 is 2.75 bits per heavy atom. The number of cyclic esters (lactones) is 1. The van der Waals surface area contributed by atoms with Crippen molar-refractivity contribution < 1.29 is 14.3 Å². The number of benzene rings is 1. The van der Waals surface area contributed by atoms with Crippen LogP contribution in [0.5, 0.6) is 0 Å². The lowest BCUT2D eigenvalue weighted by Gasteiger charge is -2.15. The molecule has 2 heterocycles. The molecule has 1 amide bonds. The van der Waals surface area contributed by atoms with Crippen molar-refractivity contribution in [3.05, 3.63) is 29.3 Å². The van der Waals surface area contributed by atoms with Crippen molar-refractivity contribution in [1.29, 1.82) is 0 Å². The largest absolute Gasteiger partial charge is 0.447 e. The minimum Gasteiger partial charge on any atom is -0.447 e. The number of hydrogen-bond donors (Lipinski definition) is 0. The summed E-state index contributed by atoms with van der Waals surface area (Å²) in [7, 11) is 0. The number of anilines is 1. The summed E-state index contributed by atoms with van der Waals surface area (Å²) in [5, 5.41) is 0. The molecule has 1 aromatic rings. The van der Waals surface area contributed by atoms with Gasteiger partial charge in [-0.1, -0.05) is 13.8 Å². The van der Waals surface area contributed by atoms with Crippen LogP contribution in [-0.4, -0.2) is 30.8 Å². The van der Waals surface area contributed by atoms with Crippen LogP contribution in [0.25, 0.3) is 0 Å². The third-order valence-corrected chi connectivity index (χ3v) is 4.20. The van der Waals surface area contributed by atoms with E-state index in [-0.39, 0.29) is 11.9 Å². The Bertz CT molecular complexity index is 516. The maximum atomic E-state index is 11.9. The second-order valence-corrected chi connectivity index (χ2v) is 5.44. The summed E-state index contributed by atoms with van der Waals surface area (Å²) in [4.78, 5) is 25.0. The Labute approximate surface area is 123 Å². The molecule has 1 aromatic carbocycles. The summed E-state index contributed by atoms with van der Waals surface area (Å²) in [5.41, 5.74) is 2.66. The lowest BCUT2D eigenvalue weighted by Crippen LogP contribution is -2.23. The molecular weight excluding hydrogens is 274 g/mol. The lowest BCUT2D eigenvalue weighted by molar-refractivity contribution is 0.0989. The summed E-state index contributed by atoms with van der Waals surface area (Å²) < 4.78 is 4.92. The van der Waals surface area contributed by atoms with Gasteiger partial charge in [-0.15, -0.1) is 0 Å². The van der Waals surface area contributed by atoms with Gasteiger partial charge in [0.15, 0.2) is 5.78 Å². The zero-order valence-electron chi connectivity index (χ0n) is 11.8. The summed E-state index contributed by atoms with van der Waals surface area (Å²) in [6, 6.07) is 5.61.